The van der Waals surface area contributed by atoms with Crippen LogP contribution in [0.5, 0.6) is 0 Å². The molecule has 1 N–H and O–H groups in total. The number of carbonyl (C=O) groups excluding carboxylic acids is 1. The van der Waals surface area contributed by atoms with Crippen LogP contribution in [0.3, 0.4) is 0 Å². The summed E-state index contributed by atoms with van der Waals surface area (Å²) < 4.78 is 59.8. The molecule has 10 aliphatic heterocycles. The Bertz CT molecular complexity index is 1320. The smallest absolute Gasteiger partial charge is 0.172 e. The molecule has 11 heteroatoms. The van der Waals surface area contributed by atoms with Crippen molar-refractivity contribution < 1.29 is 52.5 Å². The van der Waals surface area contributed by atoms with Crippen LogP contribution in [0.4, 0.5) is 0 Å². The molecule has 10 rings (SSSR count). The lowest BCUT2D eigenvalue weighted by atomic mass is 9.81. The van der Waals surface area contributed by atoms with Gasteiger partial charge in [-0.2, -0.15) is 0 Å². The minimum absolute atomic E-state index is 0.00233. The molecular weight excluding hydrogens is 644 g/mol. The lowest BCUT2D eigenvalue weighted by molar-refractivity contribution is -0.292. The maximum absolute atomic E-state index is 14.0. The second kappa shape index (κ2) is 13.6. The number of methoxy groups -OCH3 is 1. The van der Waals surface area contributed by atoms with E-state index in [1.165, 1.54) is 0 Å². The lowest BCUT2D eigenvalue weighted by Gasteiger charge is -2.47. The van der Waals surface area contributed by atoms with E-state index < -0.39 is 5.79 Å². The second-order valence-electron chi connectivity index (χ2n) is 16.8. The normalized spacial score (nSPS) is 53.3. The van der Waals surface area contributed by atoms with Crippen molar-refractivity contribution in [3.63, 3.8) is 0 Å². The van der Waals surface area contributed by atoms with Crippen LogP contribution in [-0.4, -0.2) is 122 Å². The van der Waals surface area contributed by atoms with Gasteiger partial charge < -0.3 is 47.7 Å². The number of ether oxygens (including phenoxy) is 9. The van der Waals surface area contributed by atoms with E-state index in [1.54, 1.807) is 7.11 Å². The van der Waals surface area contributed by atoms with E-state index in [0.717, 1.165) is 56.1 Å². The Morgan fingerprint density at radius 2 is 1.52 bits per heavy atom. The van der Waals surface area contributed by atoms with Crippen molar-refractivity contribution in [3.05, 3.63) is 24.3 Å². The van der Waals surface area contributed by atoms with Gasteiger partial charge in [-0.25, -0.2) is 0 Å². The predicted octanol–water partition coefficient (Wildman–Crippen LogP) is 4.11. The monoisotopic (exact) mass is 700 g/mol. The third-order valence-electron chi connectivity index (χ3n) is 13.6. The number of rotatable bonds is 3. The molecule has 11 nitrogen and oxygen atoms in total. The summed E-state index contributed by atoms with van der Waals surface area (Å²) in [5.41, 5.74) is 2.23. The van der Waals surface area contributed by atoms with Crippen LogP contribution in [0.15, 0.2) is 24.3 Å². The van der Waals surface area contributed by atoms with Crippen LogP contribution >= 0.6 is 0 Å². The fourth-order valence-corrected chi connectivity index (χ4v) is 11.1. The number of carbonyl (C=O) groups is 1. The van der Waals surface area contributed by atoms with Crippen LogP contribution in [-0.2, 0) is 47.4 Å². The average Bonchev–Trinajstić information content (AvgIpc) is 3.76. The Morgan fingerprint density at radius 3 is 2.36 bits per heavy atom. The summed E-state index contributed by atoms with van der Waals surface area (Å²) in [5, 5.41) is 9.87. The van der Waals surface area contributed by atoms with Crippen LogP contribution in [0, 0.1) is 11.8 Å². The lowest BCUT2D eigenvalue weighted by Crippen LogP contribution is -2.61. The van der Waals surface area contributed by atoms with E-state index in [1.807, 2.05) is 0 Å². The fourth-order valence-electron chi connectivity index (χ4n) is 11.1. The Labute approximate surface area is 295 Å². The number of Topliss-reactive ketones (excluding diaryl/α,β-unsaturated/α-hetero) is 1. The molecule has 18 atom stereocenters. The van der Waals surface area contributed by atoms with Crippen molar-refractivity contribution in [1.29, 1.82) is 0 Å². The van der Waals surface area contributed by atoms with Gasteiger partial charge in [0.1, 0.15) is 36.3 Å². The first kappa shape index (κ1) is 34.5. The molecule has 10 fully saturated rings. The first-order valence-corrected chi connectivity index (χ1v) is 19.5. The molecule has 12 bridgehead atoms. The zero-order chi connectivity index (χ0) is 34.3. The molecule has 0 aromatic heterocycles. The van der Waals surface area contributed by atoms with Crippen molar-refractivity contribution >= 4 is 5.78 Å². The number of ketones is 1. The number of fused-ring (bicyclic) bond motifs is 6. The molecule has 10 aliphatic rings. The molecule has 0 aromatic rings. The Balaban J connectivity index is 0.994. The molecule has 278 valence electrons. The molecular formula is C39H56O11. The standard InChI is InChI=1S/C39H56O11/c1-19-13-23-5-7-27-20(2)14-25(43-27)9-11-39-18-32-35(49-39)36-37(48-32)38(50-39)34-28(47-36)8-6-24(45-34)15-22(41)16-26-31(17-30(44-23)21(19)3)46-29(10-12-40)33(26)42-4/h19,23-38,40H,2-3,5-18H2,1,4H3/t19?,23?,24?,25-,26?,27?,28?,29?,30?,31?,32?,33?,34?,35?,36?,37?,38?,39?/m0/s1. The second-order valence-corrected chi connectivity index (χ2v) is 16.8. The molecule has 50 heavy (non-hydrogen) atoms. The highest BCUT2D eigenvalue weighted by molar-refractivity contribution is 5.79. The first-order valence-electron chi connectivity index (χ1n) is 19.5. The van der Waals surface area contributed by atoms with E-state index in [-0.39, 0.29) is 110 Å². The number of aliphatic hydroxyl groups excluding tert-OH is 1. The van der Waals surface area contributed by atoms with Crippen molar-refractivity contribution in [2.45, 2.75) is 188 Å². The molecule has 10 heterocycles. The van der Waals surface area contributed by atoms with Crippen molar-refractivity contribution in [3.8, 4) is 0 Å². The topological polar surface area (TPSA) is 120 Å². The van der Waals surface area contributed by atoms with Gasteiger partial charge in [0.25, 0.3) is 0 Å². The number of hydrogen-bond donors (Lipinski definition) is 1. The van der Waals surface area contributed by atoms with Crippen LogP contribution < -0.4 is 0 Å². The number of hydrogen-bond acceptors (Lipinski definition) is 11. The molecule has 1 spiro atoms. The highest BCUT2D eigenvalue weighted by Crippen LogP contribution is 2.54. The molecule has 0 aliphatic carbocycles. The minimum atomic E-state index is -0.769. The maximum atomic E-state index is 14.0. The van der Waals surface area contributed by atoms with E-state index in [9.17, 15) is 9.90 Å². The summed E-state index contributed by atoms with van der Waals surface area (Å²) in [6.45, 7) is 11.1. The van der Waals surface area contributed by atoms with E-state index in [4.69, 9.17) is 42.6 Å². The summed E-state index contributed by atoms with van der Waals surface area (Å²) in [7, 11) is 1.68. The first-order chi connectivity index (χ1) is 24.2. The Hall–Kier alpha value is -1.25. The van der Waals surface area contributed by atoms with Gasteiger partial charge in [-0.05, 0) is 68.4 Å². The van der Waals surface area contributed by atoms with Gasteiger partial charge in [0.15, 0.2) is 5.79 Å². The van der Waals surface area contributed by atoms with Gasteiger partial charge >= 0.3 is 0 Å². The van der Waals surface area contributed by atoms with Crippen LogP contribution in [0.1, 0.15) is 90.4 Å². The summed E-state index contributed by atoms with van der Waals surface area (Å²) in [5.74, 6) is -0.512. The maximum Gasteiger partial charge on any atom is 0.172 e. The fraction of sp³-hybridized carbons (Fsp3) is 0.872. The Kier molecular flexibility index (Phi) is 9.36. The van der Waals surface area contributed by atoms with E-state index in [0.29, 0.717) is 44.4 Å². The molecule has 0 radical (unpaired) electrons. The average molecular weight is 701 g/mol. The molecule has 10 saturated heterocycles. The van der Waals surface area contributed by atoms with E-state index in [2.05, 4.69) is 20.1 Å². The van der Waals surface area contributed by atoms with Crippen LogP contribution in [0.25, 0.3) is 0 Å². The molecule has 17 unspecified atom stereocenters. The van der Waals surface area contributed by atoms with Gasteiger partial charge in [0.05, 0.1) is 61.0 Å². The summed E-state index contributed by atoms with van der Waals surface area (Å²) in [4.78, 5) is 14.0. The highest BCUT2D eigenvalue weighted by Gasteiger charge is 2.68. The van der Waals surface area contributed by atoms with Crippen molar-refractivity contribution in [2.24, 2.45) is 11.8 Å². The summed E-state index contributed by atoms with van der Waals surface area (Å²) in [6.07, 6.45) is 6.30. The van der Waals surface area contributed by atoms with Gasteiger partial charge in [-0.15, -0.1) is 0 Å². The zero-order valence-corrected chi connectivity index (χ0v) is 29.7. The third-order valence-corrected chi connectivity index (χ3v) is 13.6. The van der Waals surface area contributed by atoms with Gasteiger partial charge in [0.2, 0.25) is 0 Å². The molecule has 0 amide bonds. The molecule has 0 aromatic carbocycles. The zero-order valence-electron chi connectivity index (χ0n) is 29.7. The third kappa shape index (κ3) is 6.09. The van der Waals surface area contributed by atoms with E-state index >= 15 is 0 Å². The quantitative estimate of drug-likeness (QED) is 0.429. The van der Waals surface area contributed by atoms with Gasteiger partial charge in [-0.1, -0.05) is 20.1 Å². The SMILES string of the molecule is C=C1C[C@@H]2CCC34CC5OC6C(OC7CCC(CC(=O)CC8C(CC9OC(CCC1O2)CC(C)C9=C)OC(CCO)C8OC)OC7C6O3)C5O4. The van der Waals surface area contributed by atoms with Crippen molar-refractivity contribution in [2.75, 3.05) is 13.7 Å². The number of aliphatic hydroxyl groups is 1. The summed E-state index contributed by atoms with van der Waals surface area (Å²) in [6, 6.07) is 0. The minimum Gasteiger partial charge on any atom is -0.396 e. The predicted molar refractivity (Wildman–Crippen MR) is 178 cm³/mol. The van der Waals surface area contributed by atoms with Gasteiger partial charge in [-0.3, -0.25) is 4.79 Å². The van der Waals surface area contributed by atoms with Crippen LogP contribution in [0.2, 0.25) is 0 Å². The van der Waals surface area contributed by atoms with Gasteiger partial charge in [0, 0.05) is 51.7 Å². The largest absolute Gasteiger partial charge is 0.396 e. The Morgan fingerprint density at radius 1 is 0.760 bits per heavy atom. The highest BCUT2D eigenvalue weighted by atomic mass is 16.8. The summed E-state index contributed by atoms with van der Waals surface area (Å²) >= 11 is 0. The molecule has 0 saturated carbocycles. The van der Waals surface area contributed by atoms with Crippen molar-refractivity contribution in [1.82, 2.24) is 0 Å².